The molecule has 1 heterocycles. The van der Waals surface area contributed by atoms with Crippen molar-refractivity contribution in [1.82, 2.24) is 4.90 Å². The largest absolute Gasteiger partial charge is 0.324 e. The number of amides is 1. The molecule has 1 saturated heterocycles. The minimum Gasteiger partial charge on any atom is -0.324 e. The fourth-order valence-corrected chi connectivity index (χ4v) is 3.80. The monoisotopic (exact) mass is 316 g/mol. The first kappa shape index (κ1) is 18.0. The second-order valence-electron chi connectivity index (χ2n) is 6.99. The summed E-state index contributed by atoms with van der Waals surface area (Å²) < 4.78 is 0. The van der Waals surface area contributed by atoms with Crippen LogP contribution in [0.1, 0.15) is 57.1 Å². The molecular weight excluding hydrogens is 284 g/mol. The van der Waals surface area contributed by atoms with Crippen molar-refractivity contribution in [3.8, 4) is 0 Å². The summed E-state index contributed by atoms with van der Waals surface area (Å²) in [6, 6.07) is 6.20. The highest BCUT2D eigenvalue weighted by atomic mass is 16.2. The number of piperidine rings is 1. The lowest BCUT2D eigenvalue weighted by molar-refractivity contribution is -0.123. The van der Waals surface area contributed by atoms with Gasteiger partial charge < -0.3 is 5.32 Å². The zero-order valence-electron chi connectivity index (χ0n) is 15.2. The van der Waals surface area contributed by atoms with Crippen LogP contribution in [0.2, 0.25) is 0 Å². The summed E-state index contributed by atoms with van der Waals surface area (Å²) in [6.07, 6.45) is 5.80. The van der Waals surface area contributed by atoms with Gasteiger partial charge in [-0.1, -0.05) is 44.9 Å². The molecule has 1 aliphatic rings. The number of benzene rings is 1. The molecule has 1 aromatic rings. The number of likely N-dealkylation sites (tertiary alicyclic amines) is 1. The normalized spacial score (nSPS) is 22.1. The number of para-hydroxylation sites is 1. The third-order valence-electron chi connectivity index (χ3n) is 5.06. The van der Waals surface area contributed by atoms with Crippen molar-refractivity contribution in [2.24, 2.45) is 5.92 Å². The van der Waals surface area contributed by atoms with Crippen LogP contribution in [0.15, 0.2) is 18.2 Å². The van der Waals surface area contributed by atoms with E-state index in [2.05, 4.69) is 50.0 Å². The molecule has 128 valence electrons. The Hall–Kier alpha value is -1.35. The van der Waals surface area contributed by atoms with Crippen molar-refractivity contribution in [3.63, 3.8) is 0 Å². The number of anilines is 1. The minimum absolute atomic E-state index is 0.0271. The second kappa shape index (κ2) is 8.49. The van der Waals surface area contributed by atoms with Crippen LogP contribution < -0.4 is 5.32 Å². The Balaban J connectivity index is 2.12. The number of carbonyl (C=O) groups is 1. The molecule has 2 rings (SSSR count). The molecule has 0 spiro atoms. The van der Waals surface area contributed by atoms with E-state index in [0.717, 1.165) is 42.7 Å². The molecular formula is C20H32N2O. The van der Waals surface area contributed by atoms with Crippen molar-refractivity contribution in [2.75, 3.05) is 18.4 Å². The molecule has 0 radical (unpaired) electrons. The minimum atomic E-state index is 0.0271. The molecule has 1 amide bonds. The van der Waals surface area contributed by atoms with E-state index in [0.29, 0.717) is 5.92 Å². The van der Waals surface area contributed by atoms with Crippen LogP contribution in [-0.2, 0) is 4.79 Å². The lowest BCUT2D eigenvalue weighted by Gasteiger charge is -2.38. The Morgan fingerprint density at radius 1 is 1.22 bits per heavy atom. The molecule has 3 nitrogen and oxygen atoms in total. The van der Waals surface area contributed by atoms with Gasteiger partial charge >= 0.3 is 0 Å². The Kier molecular flexibility index (Phi) is 6.64. The van der Waals surface area contributed by atoms with E-state index >= 15 is 0 Å². The molecule has 0 aliphatic carbocycles. The topological polar surface area (TPSA) is 32.3 Å². The van der Waals surface area contributed by atoms with Gasteiger partial charge in [-0.25, -0.2) is 0 Å². The molecule has 0 unspecified atom stereocenters. The van der Waals surface area contributed by atoms with Gasteiger partial charge in [0, 0.05) is 5.69 Å². The van der Waals surface area contributed by atoms with Crippen LogP contribution >= 0.6 is 0 Å². The number of nitrogens with one attached hydrogen (secondary N) is 1. The van der Waals surface area contributed by atoms with Gasteiger partial charge in [-0.05, 0) is 63.2 Å². The average molecular weight is 316 g/mol. The highest BCUT2D eigenvalue weighted by Gasteiger charge is 2.32. The van der Waals surface area contributed by atoms with Crippen molar-refractivity contribution >= 4 is 11.6 Å². The summed E-state index contributed by atoms with van der Waals surface area (Å²) in [6.45, 7) is 10.6. The predicted octanol–water partition coefficient (Wildman–Crippen LogP) is 4.53. The number of rotatable bonds is 6. The molecule has 1 fully saturated rings. The number of nitrogens with zero attached hydrogens (tertiary/aromatic N) is 1. The number of hydrogen-bond acceptors (Lipinski definition) is 2. The number of carbonyl (C=O) groups excluding carboxylic acids is 1. The highest BCUT2D eigenvalue weighted by molar-refractivity contribution is 5.96. The van der Waals surface area contributed by atoms with E-state index in [1.807, 2.05) is 6.07 Å². The van der Waals surface area contributed by atoms with Crippen LogP contribution in [0.4, 0.5) is 5.69 Å². The zero-order valence-corrected chi connectivity index (χ0v) is 15.2. The lowest BCUT2D eigenvalue weighted by Crippen LogP contribution is -2.49. The van der Waals surface area contributed by atoms with E-state index in [9.17, 15) is 4.79 Å². The van der Waals surface area contributed by atoms with Gasteiger partial charge in [0.2, 0.25) is 5.91 Å². The number of aryl methyl sites for hydroxylation is 2. The van der Waals surface area contributed by atoms with Crippen molar-refractivity contribution in [2.45, 2.75) is 65.8 Å². The third kappa shape index (κ3) is 4.57. The van der Waals surface area contributed by atoms with Gasteiger partial charge in [0.15, 0.2) is 0 Å². The zero-order chi connectivity index (χ0) is 16.8. The summed E-state index contributed by atoms with van der Waals surface area (Å²) in [5.74, 6) is 0.874. The molecule has 1 N–H and O–H groups in total. The van der Waals surface area contributed by atoms with Gasteiger partial charge in [0.25, 0.3) is 0 Å². The van der Waals surface area contributed by atoms with E-state index in [1.165, 1.54) is 19.3 Å². The first-order chi connectivity index (χ1) is 11.1. The van der Waals surface area contributed by atoms with E-state index in [-0.39, 0.29) is 11.9 Å². The molecule has 0 aromatic heterocycles. The maximum atomic E-state index is 13.0. The van der Waals surface area contributed by atoms with Crippen molar-refractivity contribution < 1.29 is 4.79 Å². The van der Waals surface area contributed by atoms with Gasteiger partial charge in [-0.3, -0.25) is 9.69 Å². The van der Waals surface area contributed by atoms with Crippen LogP contribution in [0.3, 0.4) is 0 Å². The molecule has 2 atom stereocenters. The predicted molar refractivity (Wildman–Crippen MR) is 97.8 cm³/mol. The van der Waals surface area contributed by atoms with Crippen molar-refractivity contribution in [1.29, 1.82) is 0 Å². The van der Waals surface area contributed by atoms with Crippen LogP contribution in [0.25, 0.3) is 0 Å². The van der Waals surface area contributed by atoms with E-state index < -0.39 is 0 Å². The van der Waals surface area contributed by atoms with Crippen LogP contribution in [0, 0.1) is 19.8 Å². The standard InChI is InChI=1S/C20H32N2O/c1-5-8-17-11-13-22(12-6-2)18(14-17)20(23)21-19-15(3)9-7-10-16(19)4/h7,9-10,17-18H,5-6,8,11-14H2,1-4H3,(H,21,23)/t17-,18+/m1/s1. The first-order valence-electron chi connectivity index (χ1n) is 9.17. The quantitative estimate of drug-likeness (QED) is 0.836. The highest BCUT2D eigenvalue weighted by Crippen LogP contribution is 2.28. The maximum Gasteiger partial charge on any atom is 0.241 e. The van der Waals surface area contributed by atoms with Crippen molar-refractivity contribution in [3.05, 3.63) is 29.3 Å². The van der Waals surface area contributed by atoms with Gasteiger partial charge in [0.1, 0.15) is 0 Å². The van der Waals surface area contributed by atoms with E-state index in [4.69, 9.17) is 0 Å². The SMILES string of the molecule is CCC[C@@H]1CCN(CCC)[C@H](C(=O)Nc2c(C)cccc2C)C1. The first-order valence-corrected chi connectivity index (χ1v) is 9.17. The van der Waals surface area contributed by atoms with Crippen LogP contribution in [0.5, 0.6) is 0 Å². The van der Waals surface area contributed by atoms with Crippen LogP contribution in [-0.4, -0.2) is 29.9 Å². The van der Waals surface area contributed by atoms with Gasteiger partial charge in [-0.2, -0.15) is 0 Å². The third-order valence-corrected chi connectivity index (χ3v) is 5.06. The lowest BCUT2D eigenvalue weighted by atomic mass is 9.87. The second-order valence-corrected chi connectivity index (χ2v) is 6.99. The fourth-order valence-electron chi connectivity index (χ4n) is 3.80. The molecule has 1 aliphatic heterocycles. The molecule has 0 saturated carbocycles. The Morgan fingerprint density at radius 2 is 1.91 bits per heavy atom. The Morgan fingerprint density at radius 3 is 2.52 bits per heavy atom. The number of hydrogen-bond donors (Lipinski definition) is 1. The Bertz CT molecular complexity index is 506. The summed E-state index contributed by atoms with van der Waals surface area (Å²) in [5, 5.41) is 3.22. The molecule has 23 heavy (non-hydrogen) atoms. The Labute approximate surface area is 141 Å². The summed E-state index contributed by atoms with van der Waals surface area (Å²) in [7, 11) is 0. The summed E-state index contributed by atoms with van der Waals surface area (Å²) >= 11 is 0. The van der Waals surface area contributed by atoms with Gasteiger partial charge in [-0.15, -0.1) is 0 Å². The summed E-state index contributed by atoms with van der Waals surface area (Å²) in [4.78, 5) is 15.3. The van der Waals surface area contributed by atoms with Gasteiger partial charge in [0.05, 0.1) is 6.04 Å². The average Bonchev–Trinajstić information content (AvgIpc) is 2.53. The fraction of sp³-hybridized carbons (Fsp3) is 0.650. The smallest absolute Gasteiger partial charge is 0.241 e. The molecule has 3 heteroatoms. The maximum absolute atomic E-state index is 13.0. The van der Waals surface area contributed by atoms with E-state index in [1.54, 1.807) is 0 Å². The molecule has 1 aromatic carbocycles. The molecule has 0 bridgehead atoms. The summed E-state index contributed by atoms with van der Waals surface area (Å²) in [5.41, 5.74) is 3.27.